The molecule has 12 atom stereocenters. The van der Waals surface area contributed by atoms with Gasteiger partial charge in [-0.25, -0.2) is 0 Å². The van der Waals surface area contributed by atoms with Crippen molar-refractivity contribution in [2.24, 2.45) is 69.5 Å². The van der Waals surface area contributed by atoms with E-state index < -0.39 is 0 Å². The summed E-state index contributed by atoms with van der Waals surface area (Å²) >= 11 is 0. The van der Waals surface area contributed by atoms with Crippen LogP contribution in [-0.4, -0.2) is 11.7 Å². The maximum atomic E-state index is 9.74. The summed E-state index contributed by atoms with van der Waals surface area (Å²) in [6, 6.07) is 0. The molecule has 0 aromatic rings. The van der Waals surface area contributed by atoms with Gasteiger partial charge in [-0.15, -0.1) is 0 Å². The van der Waals surface area contributed by atoms with Crippen LogP contribution in [0.3, 0.4) is 0 Å². The molecule has 0 amide bonds. The molecular weight excluding hydrogens is 376 g/mol. The van der Waals surface area contributed by atoms with Crippen molar-refractivity contribution in [2.45, 2.75) is 112 Å². The average Bonchev–Trinajstić information content (AvgIpc) is 3.33. The molecule has 5 aliphatic rings. The van der Waals surface area contributed by atoms with Gasteiger partial charge in [0.05, 0.1) is 0 Å². The van der Waals surface area contributed by atoms with Crippen molar-refractivity contribution in [3.63, 3.8) is 0 Å². The molecule has 1 nitrogen and oxygen atoms in total. The Morgan fingerprint density at radius 3 is 2.26 bits per heavy atom. The van der Waals surface area contributed by atoms with Crippen LogP contribution in [0, 0.1) is 69.5 Å². The molecule has 0 heterocycles. The van der Waals surface area contributed by atoms with Gasteiger partial charge in [-0.2, -0.15) is 0 Å². The second kappa shape index (κ2) is 7.74. The number of aliphatic hydroxyl groups is 1. The van der Waals surface area contributed by atoms with Crippen LogP contribution in [0.5, 0.6) is 0 Å². The third kappa shape index (κ3) is 3.24. The van der Waals surface area contributed by atoms with E-state index in [1.807, 2.05) is 0 Å². The molecule has 0 saturated heterocycles. The molecule has 0 spiro atoms. The lowest BCUT2D eigenvalue weighted by Crippen LogP contribution is -2.53. The Balaban J connectivity index is 1.32. The Kier molecular flexibility index (Phi) is 5.68. The SMILES string of the molecule is CC(CO)[C@@H](C)[C@@]1(C)C[C@@H]1[C@@H](C)[C@H]1CC[C@H]2[C@@H]3CC[C@H]4CCCC[C@]4(C)[C@H]3CC[C@]12C. The van der Waals surface area contributed by atoms with Crippen molar-refractivity contribution in [1.82, 2.24) is 0 Å². The normalized spacial score (nSPS) is 54.3. The fraction of sp³-hybridized carbons (Fsp3) is 1.00. The molecule has 0 bridgehead atoms. The van der Waals surface area contributed by atoms with Crippen LogP contribution in [0.15, 0.2) is 0 Å². The summed E-state index contributed by atoms with van der Waals surface area (Å²) in [5, 5.41) is 9.74. The van der Waals surface area contributed by atoms with E-state index in [1.165, 1.54) is 57.8 Å². The molecule has 1 unspecified atom stereocenters. The first-order valence-corrected chi connectivity index (χ1v) is 14.3. The summed E-state index contributed by atoms with van der Waals surface area (Å²) in [4.78, 5) is 0. The van der Waals surface area contributed by atoms with Gasteiger partial charge in [0.2, 0.25) is 0 Å². The first-order valence-electron chi connectivity index (χ1n) is 14.3. The zero-order valence-corrected chi connectivity index (χ0v) is 21.6. The monoisotopic (exact) mass is 428 g/mol. The average molecular weight is 429 g/mol. The first kappa shape index (κ1) is 22.7. The maximum absolute atomic E-state index is 9.74. The van der Waals surface area contributed by atoms with E-state index in [9.17, 15) is 5.11 Å². The molecule has 5 fully saturated rings. The van der Waals surface area contributed by atoms with Gasteiger partial charge in [0.15, 0.2) is 0 Å². The van der Waals surface area contributed by atoms with Crippen LogP contribution in [0.2, 0.25) is 0 Å². The van der Waals surface area contributed by atoms with Crippen molar-refractivity contribution >= 4 is 0 Å². The number of aliphatic hydroxyl groups excluding tert-OH is 1. The minimum absolute atomic E-state index is 0.351. The van der Waals surface area contributed by atoms with Crippen LogP contribution in [0.25, 0.3) is 0 Å². The van der Waals surface area contributed by atoms with Crippen LogP contribution >= 0.6 is 0 Å². The fourth-order valence-electron chi connectivity index (χ4n) is 11.0. The smallest absolute Gasteiger partial charge is 0.0459 e. The highest BCUT2D eigenvalue weighted by Crippen LogP contribution is 2.71. The molecule has 5 saturated carbocycles. The molecule has 1 heteroatoms. The second-order valence-corrected chi connectivity index (χ2v) is 14.3. The van der Waals surface area contributed by atoms with Crippen molar-refractivity contribution in [1.29, 1.82) is 0 Å². The molecule has 1 N–H and O–H groups in total. The predicted octanol–water partition coefficient (Wildman–Crippen LogP) is 7.96. The van der Waals surface area contributed by atoms with E-state index in [2.05, 4.69) is 41.5 Å². The van der Waals surface area contributed by atoms with Gasteiger partial charge in [0, 0.05) is 6.61 Å². The minimum atomic E-state index is 0.351. The molecular formula is C30H52O. The van der Waals surface area contributed by atoms with Gasteiger partial charge in [-0.1, -0.05) is 54.4 Å². The molecule has 31 heavy (non-hydrogen) atoms. The van der Waals surface area contributed by atoms with E-state index in [4.69, 9.17) is 0 Å². The second-order valence-electron chi connectivity index (χ2n) is 14.3. The summed E-state index contributed by atoms with van der Waals surface area (Å²) in [6.07, 6.45) is 16.7. The van der Waals surface area contributed by atoms with E-state index in [0.29, 0.717) is 34.7 Å². The zero-order chi connectivity index (χ0) is 22.2. The summed E-state index contributed by atoms with van der Waals surface area (Å²) < 4.78 is 0. The lowest BCUT2D eigenvalue weighted by Gasteiger charge is -2.61. The van der Waals surface area contributed by atoms with Crippen LogP contribution in [-0.2, 0) is 0 Å². The summed E-state index contributed by atoms with van der Waals surface area (Å²) in [7, 11) is 0. The molecule has 0 aromatic carbocycles. The quantitative estimate of drug-likeness (QED) is 0.471. The van der Waals surface area contributed by atoms with Gasteiger partial charge in [-0.05, 0) is 127 Å². The van der Waals surface area contributed by atoms with E-state index >= 15 is 0 Å². The molecule has 5 rings (SSSR count). The highest BCUT2D eigenvalue weighted by Gasteiger charge is 2.64. The first-order chi connectivity index (χ1) is 14.7. The van der Waals surface area contributed by atoms with Crippen molar-refractivity contribution in [3.05, 3.63) is 0 Å². The van der Waals surface area contributed by atoms with Crippen molar-refractivity contribution in [2.75, 3.05) is 6.61 Å². The van der Waals surface area contributed by atoms with Crippen molar-refractivity contribution < 1.29 is 5.11 Å². The van der Waals surface area contributed by atoms with E-state index in [-0.39, 0.29) is 0 Å². The minimum Gasteiger partial charge on any atom is -0.396 e. The Labute approximate surface area is 193 Å². The zero-order valence-electron chi connectivity index (χ0n) is 21.6. The standard InChI is InChI=1S/C30H52O/c1-19(18-31)21(3)30(6)17-27(30)20(2)24-12-13-25-23-11-10-22-9-7-8-15-28(22,4)26(23)14-16-29(24,25)5/h19-27,31H,7-18H2,1-6H3/t19?,20-,21+,22+,23-,24+,25-,26-,27+,28-,29+,30+/m0/s1. The third-order valence-corrected chi connectivity index (χ3v) is 13.5. The lowest BCUT2D eigenvalue weighted by atomic mass is 9.44. The Morgan fingerprint density at radius 2 is 1.52 bits per heavy atom. The summed E-state index contributed by atoms with van der Waals surface area (Å²) in [6.45, 7) is 15.7. The Hall–Kier alpha value is -0.0400. The third-order valence-electron chi connectivity index (χ3n) is 13.5. The van der Waals surface area contributed by atoms with Gasteiger partial charge in [0.25, 0.3) is 0 Å². The predicted molar refractivity (Wildman–Crippen MR) is 131 cm³/mol. The Morgan fingerprint density at radius 1 is 0.774 bits per heavy atom. The number of hydrogen-bond donors (Lipinski definition) is 1. The fourth-order valence-corrected chi connectivity index (χ4v) is 11.0. The highest BCUT2D eigenvalue weighted by molar-refractivity contribution is 5.13. The molecule has 5 aliphatic carbocycles. The van der Waals surface area contributed by atoms with Crippen molar-refractivity contribution in [3.8, 4) is 0 Å². The molecule has 0 radical (unpaired) electrons. The van der Waals surface area contributed by atoms with E-state index in [0.717, 1.165) is 41.4 Å². The van der Waals surface area contributed by atoms with Crippen LogP contribution < -0.4 is 0 Å². The van der Waals surface area contributed by atoms with Gasteiger partial charge in [0.1, 0.15) is 0 Å². The molecule has 0 aliphatic heterocycles. The maximum Gasteiger partial charge on any atom is 0.0459 e. The van der Waals surface area contributed by atoms with Gasteiger partial charge in [-0.3, -0.25) is 0 Å². The van der Waals surface area contributed by atoms with Crippen LogP contribution in [0.4, 0.5) is 0 Å². The topological polar surface area (TPSA) is 20.2 Å². The number of hydrogen-bond acceptors (Lipinski definition) is 1. The van der Waals surface area contributed by atoms with Gasteiger partial charge < -0.3 is 5.11 Å². The van der Waals surface area contributed by atoms with Gasteiger partial charge >= 0.3 is 0 Å². The lowest BCUT2D eigenvalue weighted by molar-refractivity contribution is -0.115. The summed E-state index contributed by atoms with van der Waals surface area (Å²) in [5.41, 5.74) is 1.76. The van der Waals surface area contributed by atoms with Crippen LogP contribution in [0.1, 0.15) is 112 Å². The van der Waals surface area contributed by atoms with E-state index in [1.54, 1.807) is 12.8 Å². The number of rotatable bonds is 5. The molecule has 0 aromatic heterocycles. The Bertz CT molecular complexity index is 671. The molecule has 178 valence electrons. The highest BCUT2D eigenvalue weighted by atomic mass is 16.3. The summed E-state index contributed by atoms with van der Waals surface area (Å²) in [5.74, 6) is 7.92. The number of fused-ring (bicyclic) bond motifs is 5. The largest absolute Gasteiger partial charge is 0.396 e.